The highest BCUT2D eigenvalue weighted by Crippen LogP contribution is 2.03. The zero-order valence-electron chi connectivity index (χ0n) is 17.3. The topological polar surface area (TPSA) is 184 Å². The van der Waals surface area contributed by atoms with Gasteiger partial charge in [-0.05, 0) is 12.6 Å². The van der Waals surface area contributed by atoms with Gasteiger partial charge in [0.25, 0.3) is 0 Å². The van der Waals surface area contributed by atoms with Crippen molar-refractivity contribution in [3.05, 3.63) is 35.9 Å². The molecule has 12 nitrogen and oxygen atoms in total. The number of rotatable bonds is 13. The van der Waals surface area contributed by atoms with Gasteiger partial charge in [-0.3, -0.25) is 19.2 Å². The monoisotopic (exact) mass is 435 g/mol. The number of carbonyl (C=O) groups excluding carboxylic acids is 5. The maximum absolute atomic E-state index is 12.6. The minimum absolute atomic E-state index is 0.0608. The smallest absolute Gasteiger partial charge is 0.312 e. The van der Waals surface area contributed by atoms with E-state index in [0.29, 0.717) is 0 Å². The quantitative estimate of drug-likeness (QED) is 0.161. The Hall–Kier alpha value is -3.67. The molecule has 8 N–H and O–H groups in total. The predicted molar refractivity (Wildman–Crippen MR) is 113 cm³/mol. The van der Waals surface area contributed by atoms with Gasteiger partial charge in [0.05, 0.1) is 19.6 Å². The van der Waals surface area contributed by atoms with E-state index in [0.717, 1.165) is 5.56 Å². The highest BCUT2D eigenvalue weighted by molar-refractivity contribution is 5.92. The number of benzene rings is 1. The molecule has 0 aliphatic rings. The van der Waals surface area contributed by atoms with E-state index in [1.807, 2.05) is 6.07 Å². The van der Waals surface area contributed by atoms with Crippen LogP contribution in [-0.2, 0) is 25.6 Å². The molecule has 0 aliphatic carbocycles. The van der Waals surface area contributed by atoms with Crippen LogP contribution in [0.2, 0.25) is 0 Å². The fourth-order valence-electron chi connectivity index (χ4n) is 2.45. The van der Waals surface area contributed by atoms with Crippen LogP contribution in [0.25, 0.3) is 0 Å². The zero-order valence-corrected chi connectivity index (χ0v) is 17.3. The third-order valence-electron chi connectivity index (χ3n) is 3.89. The maximum atomic E-state index is 12.6. The molecular weight excluding hydrogens is 406 g/mol. The lowest BCUT2D eigenvalue weighted by molar-refractivity contribution is -0.130. The molecule has 0 heterocycles. The van der Waals surface area contributed by atoms with E-state index in [9.17, 15) is 24.0 Å². The molecule has 0 spiro atoms. The van der Waals surface area contributed by atoms with Gasteiger partial charge in [0.15, 0.2) is 0 Å². The van der Waals surface area contributed by atoms with Gasteiger partial charge >= 0.3 is 6.03 Å². The van der Waals surface area contributed by atoms with Crippen molar-refractivity contribution in [2.75, 3.05) is 39.8 Å². The second-order valence-corrected chi connectivity index (χ2v) is 6.48. The lowest BCUT2D eigenvalue weighted by Crippen LogP contribution is -2.52. The van der Waals surface area contributed by atoms with E-state index in [4.69, 9.17) is 5.73 Å². The minimum Gasteiger partial charge on any atom is -0.353 e. The molecule has 0 radical (unpaired) electrons. The van der Waals surface area contributed by atoms with Gasteiger partial charge in [0, 0.05) is 19.5 Å². The van der Waals surface area contributed by atoms with E-state index >= 15 is 0 Å². The average Bonchev–Trinajstić information content (AvgIpc) is 2.74. The normalized spacial score (nSPS) is 11.0. The molecule has 1 atom stereocenters. The predicted octanol–water partition coefficient (Wildman–Crippen LogP) is -3.05. The second kappa shape index (κ2) is 14.3. The van der Waals surface area contributed by atoms with Gasteiger partial charge in [-0.15, -0.1) is 0 Å². The van der Waals surface area contributed by atoms with Crippen LogP contribution in [0.15, 0.2) is 30.3 Å². The van der Waals surface area contributed by atoms with Crippen LogP contribution >= 0.6 is 0 Å². The molecule has 0 unspecified atom stereocenters. The van der Waals surface area contributed by atoms with Crippen LogP contribution in [0.4, 0.5) is 4.79 Å². The minimum atomic E-state index is -0.944. The van der Waals surface area contributed by atoms with Crippen molar-refractivity contribution in [1.82, 2.24) is 31.9 Å². The molecule has 0 bridgehead atoms. The van der Waals surface area contributed by atoms with Gasteiger partial charge in [-0.2, -0.15) is 0 Å². The first-order valence-corrected chi connectivity index (χ1v) is 9.64. The lowest BCUT2D eigenvalue weighted by Gasteiger charge is -2.19. The summed E-state index contributed by atoms with van der Waals surface area (Å²) in [5.41, 5.74) is 5.73. The van der Waals surface area contributed by atoms with Crippen LogP contribution in [-0.4, -0.2) is 75.5 Å². The molecule has 6 amide bonds. The lowest BCUT2D eigenvalue weighted by atomic mass is 10.1. The Morgan fingerprint density at radius 3 is 2.06 bits per heavy atom. The highest BCUT2D eigenvalue weighted by Gasteiger charge is 2.22. The van der Waals surface area contributed by atoms with Crippen LogP contribution < -0.4 is 37.6 Å². The first kappa shape index (κ1) is 25.4. The number of hydrogen-bond acceptors (Lipinski definition) is 6. The molecule has 170 valence electrons. The molecule has 0 fully saturated rings. The Labute approximate surface area is 180 Å². The number of primary amides is 1. The average molecular weight is 435 g/mol. The summed E-state index contributed by atoms with van der Waals surface area (Å²) in [6.07, 6.45) is 0.201. The van der Waals surface area contributed by atoms with Gasteiger partial charge in [-0.25, -0.2) is 4.79 Å². The van der Waals surface area contributed by atoms with Gasteiger partial charge in [0.2, 0.25) is 23.6 Å². The van der Waals surface area contributed by atoms with Crippen molar-refractivity contribution in [1.29, 1.82) is 0 Å². The zero-order chi connectivity index (χ0) is 23.1. The number of carbonyl (C=O) groups is 5. The van der Waals surface area contributed by atoms with Crippen molar-refractivity contribution in [3.63, 3.8) is 0 Å². The van der Waals surface area contributed by atoms with Crippen molar-refractivity contribution in [3.8, 4) is 0 Å². The van der Waals surface area contributed by atoms with Crippen LogP contribution in [0.3, 0.4) is 0 Å². The number of nitrogens with one attached hydrogen (secondary N) is 6. The summed E-state index contributed by atoms with van der Waals surface area (Å²) in [6, 6.07) is 7.39. The molecule has 1 aromatic carbocycles. The van der Waals surface area contributed by atoms with Crippen molar-refractivity contribution < 1.29 is 24.0 Å². The summed E-state index contributed by atoms with van der Waals surface area (Å²) in [4.78, 5) is 58.6. The summed E-state index contributed by atoms with van der Waals surface area (Å²) >= 11 is 0. The summed E-state index contributed by atoms with van der Waals surface area (Å²) < 4.78 is 0. The van der Waals surface area contributed by atoms with Gasteiger partial charge in [-0.1, -0.05) is 30.3 Å². The van der Waals surface area contributed by atoms with Gasteiger partial charge in [0.1, 0.15) is 6.04 Å². The molecule has 0 saturated carbocycles. The highest BCUT2D eigenvalue weighted by atomic mass is 16.2. The standard InChI is InChI=1S/C19H29N7O5/c1-21-10-15(27)24-12-17(29)26-14(9-13-5-3-2-4-6-13)18(30)25-11-16(28)22-7-8-23-19(20)31/h2-6,14,21H,7-12H2,1H3,(H,22,28)(H,24,27)(H,25,30)(H,26,29)(H3,20,23,31)/t14-/m0/s1. The number of hydrogen-bond donors (Lipinski definition) is 7. The Kier molecular flexibility index (Phi) is 11.7. The third-order valence-corrected chi connectivity index (χ3v) is 3.89. The second-order valence-electron chi connectivity index (χ2n) is 6.48. The molecule has 0 saturated heterocycles. The third kappa shape index (κ3) is 11.8. The van der Waals surface area contributed by atoms with Crippen LogP contribution in [0, 0.1) is 0 Å². The number of nitrogens with two attached hydrogens (primary N) is 1. The van der Waals surface area contributed by atoms with E-state index in [1.165, 1.54) is 0 Å². The van der Waals surface area contributed by atoms with E-state index in [-0.39, 0.29) is 45.1 Å². The number of amides is 6. The first-order valence-electron chi connectivity index (χ1n) is 9.64. The summed E-state index contributed by atoms with van der Waals surface area (Å²) in [7, 11) is 1.60. The number of likely N-dealkylation sites (N-methyl/N-ethyl adjacent to an activating group) is 1. The molecule has 0 aromatic heterocycles. The van der Waals surface area contributed by atoms with Crippen LogP contribution in [0.1, 0.15) is 5.56 Å². The van der Waals surface area contributed by atoms with Gasteiger partial charge < -0.3 is 37.6 Å². The summed E-state index contributed by atoms with van der Waals surface area (Å²) in [5, 5.41) is 15.0. The Balaban J connectivity index is 2.58. The SMILES string of the molecule is CNCC(=O)NCC(=O)N[C@@H](Cc1ccccc1)C(=O)NCC(=O)NCCNC(N)=O. The van der Waals surface area contributed by atoms with Crippen LogP contribution in [0.5, 0.6) is 0 Å². The fourth-order valence-corrected chi connectivity index (χ4v) is 2.45. The van der Waals surface area contributed by atoms with E-state index in [2.05, 4.69) is 31.9 Å². The fraction of sp³-hybridized carbons (Fsp3) is 0.421. The first-order chi connectivity index (χ1) is 14.8. The molecule has 31 heavy (non-hydrogen) atoms. The molecule has 12 heteroatoms. The maximum Gasteiger partial charge on any atom is 0.312 e. The van der Waals surface area contributed by atoms with Crippen molar-refractivity contribution in [2.24, 2.45) is 5.73 Å². The molecule has 1 rings (SSSR count). The van der Waals surface area contributed by atoms with Crippen molar-refractivity contribution in [2.45, 2.75) is 12.5 Å². The Morgan fingerprint density at radius 1 is 0.806 bits per heavy atom. The van der Waals surface area contributed by atoms with E-state index in [1.54, 1.807) is 31.3 Å². The molecule has 0 aliphatic heterocycles. The Bertz CT molecular complexity index is 757. The van der Waals surface area contributed by atoms with E-state index < -0.39 is 29.8 Å². The summed E-state index contributed by atoms with van der Waals surface area (Å²) in [6.45, 7) is -0.234. The number of urea groups is 1. The largest absolute Gasteiger partial charge is 0.353 e. The molecular formula is C19H29N7O5. The summed E-state index contributed by atoms with van der Waals surface area (Å²) in [5.74, 6) is -1.92. The van der Waals surface area contributed by atoms with Crippen molar-refractivity contribution >= 4 is 29.7 Å². The molecule has 1 aromatic rings. The Morgan fingerprint density at radius 2 is 1.42 bits per heavy atom.